The van der Waals surface area contributed by atoms with Crippen LogP contribution in [0.2, 0.25) is 0 Å². The molecule has 2 fully saturated rings. The van der Waals surface area contributed by atoms with Gasteiger partial charge >= 0.3 is 0 Å². The number of nitrogens with zero attached hydrogens (tertiary/aromatic N) is 2. The third kappa shape index (κ3) is 3.89. The van der Waals surface area contributed by atoms with E-state index in [1.165, 1.54) is 30.0 Å². The number of Topliss-reactive ketones (excluding diaryl/α,β-unsaturated/α-hetero) is 2. The number of carbonyl (C=O) groups excluding carboxylic acids is 3. The number of amides is 1. The number of aliphatic hydroxyl groups excluding tert-OH is 2. The molecule has 210 valence electrons. The van der Waals surface area contributed by atoms with E-state index in [1.54, 1.807) is 14.1 Å². The van der Waals surface area contributed by atoms with Crippen LogP contribution in [0.3, 0.4) is 0 Å². The van der Waals surface area contributed by atoms with Gasteiger partial charge in [-0.05, 0) is 39.1 Å². The monoisotopic (exact) mass is 543 g/mol. The Balaban J connectivity index is 1.63. The van der Waals surface area contributed by atoms with Gasteiger partial charge in [-0.2, -0.15) is 0 Å². The molecule has 3 aliphatic carbocycles. The predicted molar refractivity (Wildman–Crippen MR) is 136 cm³/mol. The number of fused-ring (bicyclic) bond motifs is 3. The van der Waals surface area contributed by atoms with Crippen LogP contribution in [0.4, 0.5) is 0 Å². The molecule has 1 heterocycles. The summed E-state index contributed by atoms with van der Waals surface area (Å²) < 4.78 is 5.29. The van der Waals surface area contributed by atoms with Gasteiger partial charge in [0.2, 0.25) is 5.78 Å². The van der Waals surface area contributed by atoms with Crippen LogP contribution < -0.4 is 5.32 Å². The van der Waals surface area contributed by atoms with Crippen molar-refractivity contribution < 1.29 is 44.7 Å². The van der Waals surface area contributed by atoms with Gasteiger partial charge in [0.1, 0.15) is 22.8 Å². The number of aromatic hydroxyl groups is 1. The summed E-state index contributed by atoms with van der Waals surface area (Å²) in [6.45, 7) is 3.53. The summed E-state index contributed by atoms with van der Waals surface area (Å²) in [6, 6.07) is 3.08. The summed E-state index contributed by atoms with van der Waals surface area (Å²) in [6.07, 6.45) is -0.189. The number of aliphatic hydroxyl groups is 4. The zero-order chi connectivity index (χ0) is 28.4. The van der Waals surface area contributed by atoms with Gasteiger partial charge in [0.25, 0.3) is 5.91 Å². The number of benzene rings is 1. The smallest absolute Gasteiger partial charge is 0.259 e. The van der Waals surface area contributed by atoms with Crippen LogP contribution in [0.1, 0.15) is 24.5 Å². The van der Waals surface area contributed by atoms with E-state index >= 15 is 0 Å². The first-order valence-corrected chi connectivity index (χ1v) is 12.8. The highest BCUT2D eigenvalue weighted by molar-refractivity contribution is 6.25. The number of rotatable bonds is 4. The van der Waals surface area contributed by atoms with Crippen LogP contribution in [-0.4, -0.2) is 112 Å². The zero-order valence-electron chi connectivity index (χ0n) is 22.0. The van der Waals surface area contributed by atoms with E-state index in [0.29, 0.717) is 26.3 Å². The van der Waals surface area contributed by atoms with Crippen molar-refractivity contribution >= 4 is 23.2 Å². The molecule has 1 saturated heterocycles. The molecule has 12 heteroatoms. The minimum Gasteiger partial charge on any atom is -0.508 e. The molecule has 0 bridgehead atoms. The normalized spacial score (nSPS) is 33.1. The second kappa shape index (κ2) is 9.42. The van der Waals surface area contributed by atoms with Crippen LogP contribution in [0.5, 0.6) is 5.75 Å². The highest BCUT2D eigenvalue weighted by Crippen LogP contribution is 2.57. The molecule has 1 aromatic rings. The van der Waals surface area contributed by atoms with Gasteiger partial charge in [-0.15, -0.1) is 0 Å². The highest BCUT2D eigenvalue weighted by Gasteiger charge is 2.66. The fourth-order valence-electron chi connectivity index (χ4n) is 6.51. The Hall–Kier alpha value is -3.29. The lowest BCUT2D eigenvalue weighted by Gasteiger charge is -2.53. The van der Waals surface area contributed by atoms with Crippen molar-refractivity contribution in [1.29, 1.82) is 0 Å². The molecule has 1 saturated carbocycles. The fraction of sp³-hybridized carbons (Fsp3) is 0.519. The number of phenols is 1. The van der Waals surface area contributed by atoms with Crippen molar-refractivity contribution in [2.24, 2.45) is 11.8 Å². The van der Waals surface area contributed by atoms with Gasteiger partial charge in [-0.1, -0.05) is 12.1 Å². The fourth-order valence-corrected chi connectivity index (χ4v) is 6.51. The van der Waals surface area contributed by atoms with Crippen LogP contribution in [0.15, 0.2) is 35.1 Å². The van der Waals surface area contributed by atoms with Gasteiger partial charge < -0.3 is 35.6 Å². The van der Waals surface area contributed by atoms with Crippen molar-refractivity contribution in [3.05, 3.63) is 46.2 Å². The topological polar surface area (TPSA) is 180 Å². The number of ketones is 2. The van der Waals surface area contributed by atoms with E-state index in [9.17, 15) is 39.9 Å². The van der Waals surface area contributed by atoms with E-state index in [2.05, 4.69) is 5.32 Å². The van der Waals surface area contributed by atoms with Crippen molar-refractivity contribution in [2.75, 3.05) is 47.1 Å². The lowest BCUT2D eigenvalue weighted by atomic mass is 9.54. The Labute approximate surface area is 224 Å². The first-order valence-electron chi connectivity index (χ1n) is 12.8. The van der Waals surface area contributed by atoms with E-state index in [1.807, 2.05) is 4.90 Å². The molecule has 5 atom stereocenters. The standard InChI is InChI=1S/C27H33N3O9/c1-26(37)13-5-4-6-16(31)17(13)21(32)18-14(26)11-15-20(29(2)3)22(33)19(24(35)27(15,38)23(18)34)25(36)28-12-30-7-9-39-10-8-30/h4-6,14-15,20,31-32,35,37-38H,7-12H2,1-3H3,(H,28,36)/t14?,15?,20-,26+,27-/m1/s1. The molecule has 12 nitrogen and oxygen atoms in total. The first kappa shape index (κ1) is 27.3. The maximum atomic E-state index is 14.1. The van der Waals surface area contributed by atoms with Crippen molar-refractivity contribution in [1.82, 2.24) is 15.1 Å². The summed E-state index contributed by atoms with van der Waals surface area (Å²) in [5, 5.41) is 59.0. The number of phenolic OH excluding ortho intramolecular Hbond substituents is 1. The van der Waals surface area contributed by atoms with E-state index in [4.69, 9.17) is 4.74 Å². The molecule has 1 aromatic carbocycles. The maximum absolute atomic E-state index is 14.1. The summed E-state index contributed by atoms with van der Waals surface area (Å²) in [4.78, 5) is 44.3. The highest BCUT2D eigenvalue weighted by atomic mass is 16.5. The Bertz CT molecular complexity index is 1310. The van der Waals surface area contributed by atoms with Crippen LogP contribution in [0, 0.1) is 11.8 Å². The number of hydrogen-bond acceptors (Lipinski definition) is 11. The Morgan fingerprint density at radius 1 is 1.15 bits per heavy atom. The second-order valence-corrected chi connectivity index (χ2v) is 11.0. The van der Waals surface area contributed by atoms with Gasteiger partial charge in [-0.25, -0.2) is 0 Å². The molecule has 1 aliphatic heterocycles. The Kier molecular flexibility index (Phi) is 6.59. The van der Waals surface area contributed by atoms with Crippen LogP contribution in [-0.2, 0) is 24.7 Å². The molecular weight excluding hydrogens is 510 g/mol. The molecule has 2 unspecified atom stereocenters. The number of nitrogens with one attached hydrogen (secondary N) is 1. The van der Waals surface area contributed by atoms with Crippen molar-refractivity contribution in [2.45, 2.75) is 30.6 Å². The average molecular weight is 544 g/mol. The number of likely N-dealkylation sites (N-methyl/N-ethyl adjacent to an activating group) is 1. The number of carbonyl (C=O) groups is 3. The van der Waals surface area contributed by atoms with Crippen LogP contribution in [0.25, 0.3) is 5.76 Å². The molecule has 0 radical (unpaired) electrons. The lowest BCUT2D eigenvalue weighted by Crippen LogP contribution is -2.67. The minimum atomic E-state index is -2.74. The Morgan fingerprint density at radius 3 is 2.46 bits per heavy atom. The average Bonchev–Trinajstić information content (AvgIpc) is 2.88. The summed E-state index contributed by atoms with van der Waals surface area (Å²) in [5.74, 6) is -7.32. The molecule has 1 amide bonds. The van der Waals surface area contributed by atoms with Gasteiger partial charge in [0.15, 0.2) is 11.4 Å². The maximum Gasteiger partial charge on any atom is 0.259 e. The zero-order valence-corrected chi connectivity index (χ0v) is 22.0. The summed E-state index contributed by atoms with van der Waals surface area (Å²) in [7, 11) is 3.10. The van der Waals surface area contributed by atoms with Crippen LogP contribution >= 0.6 is 0 Å². The predicted octanol–water partition coefficient (Wildman–Crippen LogP) is -0.450. The third-order valence-corrected chi connectivity index (χ3v) is 8.57. The van der Waals surface area contributed by atoms with Gasteiger partial charge in [-0.3, -0.25) is 24.2 Å². The number of morpholine rings is 1. The number of hydrogen-bond donors (Lipinski definition) is 6. The van der Waals surface area contributed by atoms with E-state index in [0.717, 1.165) is 0 Å². The van der Waals surface area contributed by atoms with Crippen molar-refractivity contribution in [3.8, 4) is 5.75 Å². The molecular formula is C27H33N3O9. The number of ether oxygens (including phenoxy) is 1. The summed E-state index contributed by atoms with van der Waals surface area (Å²) in [5.41, 5.74) is -5.63. The Morgan fingerprint density at radius 2 is 1.82 bits per heavy atom. The second-order valence-electron chi connectivity index (χ2n) is 11.0. The van der Waals surface area contributed by atoms with Gasteiger partial charge in [0, 0.05) is 30.5 Å². The van der Waals surface area contributed by atoms with Gasteiger partial charge in [0.05, 0.1) is 37.1 Å². The summed E-state index contributed by atoms with van der Waals surface area (Å²) >= 11 is 0. The molecule has 5 rings (SSSR count). The largest absolute Gasteiger partial charge is 0.508 e. The molecule has 0 aromatic heterocycles. The van der Waals surface area contributed by atoms with E-state index < -0.39 is 63.6 Å². The third-order valence-electron chi connectivity index (χ3n) is 8.57. The SMILES string of the molecule is CN(C)[C@H]1C(=O)C(C(=O)NCN2CCOCC2)=C(O)[C@]2(O)C(=O)C3=C(O)c4c(O)cccc4[C@](C)(O)C3CC12. The molecule has 6 N–H and O–H groups in total. The molecule has 4 aliphatic rings. The molecule has 0 spiro atoms. The minimum absolute atomic E-state index is 0.0572. The first-order chi connectivity index (χ1) is 18.3. The van der Waals surface area contributed by atoms with Crippen molar-refractivity contribution in [3.63, 3.8) is 0 Å². The van der Waals surface area contributed by atoms with E-state index in [-0.39, 0.29) is 35.5 Å². The lowest BCUT2D eigenvalue weighted by molar-refractivity contribution is -0.159. The molecule has 39 heavy (non-hydrogen) atoms. The quantitative estimate of drug-likeness (QED) is 0.271.